The van der Waals surface area contributed by atoms with E-state index in [2.05, 4.69) is 21.2 Å². The lowest BCUT2D eigenvalue weighted by Crippen LogP contribution is -2.29. The average Bonchev–Trinajstić information content (AvgIpc) is 2.37. The van der Waals surface area contributed by atoms with E-state index in [0.29, 0.717) is 18.8 Å². The normalized spacial score (nSPS) is 9.61. The zero-order chi connectivity index (χ0) is 13.4. The first-order valence-electron chi connectivity index (χ1n) is 5.43. The minimum absolute atomic E-state index is 0.0962. The van der Waals surface area contributed by atoms with Crippen LogP contribution in [-0.2, 0) is 11.3 Å². The maximum absolute atomic E-state index is 11.4. The molecule has 0 unspecified atom stereocenters. The Hall–Kier alpha value is -1.58. The lowest BCUT2D eigenvalue weighted by atomic mass is 10.2. The first kappa shape index (κ1) is 14.5. The molecule has 0 atom stereocenters. The van der Waals surface area contributed by atoms with Crippen molar-refractivity contribution in [2.45, 2.75) is 13.0 Å². The molecule has 1 aromatic rings. The molecular formula is C12H14BrN3O2. The number of ether oxygens (including phenoxy) is 1. The number of carbonyl (C=O) groups is 1. The van der Waals surface area contributed by atoms with E-state index < -0.39 is 0 Å². The second kappa shape index (κ2) is 7.69. The predicted octanol–water partition coefficient (Wildman–Crippen LogP) is 1.32. The van der Waals surface area contributed by atoms with Crippen LogP contribution in [0.4, 0.5) is 0 Å². The van der Waals surface area contributed by atoms with Crippen molar-refractivity contribution in [2.24, 2.45) is 5.73 Å². The van der Waals surface area contributed by atoms with Crippen LogP contribution in [-0.4, -0.2) is 19.1 Å². The molecule has 0 aliphatic rings. The van der Waals surface area contributed by atoms with Crippen molar-refractivity contribution in [1.82, 2.24) is 5.32 Å². The Morgan fingerprint density at radius 2 is 2.33 bits per heavy atom. The Morgan fingerprint density at radius 1 is 1.56 bits per heavy atom. The number of nitrogens with two attached hydrogens (primary N) is 1. The lowest BCUT2D eigenvalue weighted by molar-refractivity contribution is -0.123. The number of hydrogen-bond acceptors (Lipinski definition) is 4. The molecule has 5 nitrogen and oxygen atoms in total. The molecule has 96 valence electrons. The summed E-state index contributed by atoms with van der Waals surface area (Å²) in [6.45, 7) is 0.574. The molecule has 18 heavy (non-hydrogen) atoms. The molecule has 0 bridgehead atoms. The number of rotatable bonds is 6. The van der Waals surface area contributed by atoms with Gasteiger partial charge in [0.05, 0.1) is 17.0 Å². The van der Waals surface area contributed by atoms with Gasteiger partial charge in [-0.25, -0.2) is 0 Å². The van der Waals surface area contributed by atoms with Crippen molar-refractivity contribution in [3.8, 4) is 11.8 Å². The molecule has 0 fully saturated rings. The van der Waals surface area contributed by atoms with E-state index in [9.17, 15) is 4.79 Å². The summed E-state index contributed by atoms with van der Waals surface area (Å²) in [7, 11) is 0. The van der Waals surface area contributed by atoms with E-state index in [1.165, 1.54) is 0 Å². The zero-order valence-corrected chi connectivity index (χ0v) is 11.4. The van der Waals surface area contributed by atoms with Crippen LogP contribution in [0.3, 0.4) is 0 Å². The maximum Gasteiger partial charge on any atom is 0.257 e. The molecule has 6 heteroatoms. The third kappa shape index (κ3) is 4.35. The summed E-state index contributed by atoms with van der Waals surface area (Å²) < 4.78 is 6.19. The Balaban J connectivity index is 2.53. The van der Waals surface area contributed by atoms with E-state index in [1.807, 2.05) is 24.3 Å². The van der Waals surface area contributed by atoms with Gasteiger partial charge >= 0.3 is 0 Å². The van der Waals surface area contributed by atoms with E-state index in [-0.39, 0.29) is 18.9 Å². The molecule has 0 saturated heterocycles. The number of nitrogens with zero attached hydrogens (tertiary/aromatic N) is 1. The molecule has 1 aromatic carbocycles. The fourth-order valence-corrected chi connectivity index (χ4v) is 1.84. The third-order valence-corrected chi connectivity index (χ3v) is 2.80. The monoisotopic (exact) mass is 311 g/mol. The molecule has 0 spiro atoms. The molecule has 0 saturated carbocycles. The van der Waals surface area contributed by atoms with Crippen LogP contribution in [0.5, 0.6) is 5.75 Å². The van der Waals surface area contributed by atoms with Crippen molar-refractivity contribution < 1.29 is 9.53 Å². The van der Waals surface area contributed by atoms with Gasteiger partial charge in [0.2, 0.25) is 0 Å². The lowest BCUT2D eigenvalue weighted by Gasteiger charge is -2.11. The van der Waals surface area contributed by atoms with E-state index in [1.54, 1.807) is 0 Å². The van der Waals surface area contributed by atoms with Gasteiger partial charge < -0.3 is 15.8 Å². The highest BCUT2D eigenvalue weighted by molar-refractivity contribution is 9.10. The summed E-state index contributed by atoms with van der Waals surface area (Å²) in [5.41, 5.74) is 6.41. The number of benzene rings is 1. The number of para-hydroxylation sites is 1. The maximum atomic E-state index is 11.4. The van der Waals surface area contributed by atoms with Crippen LogP contribution in [0, 0.1) is 11.3 Å². The summed E-state index contributed by atoms with van der Waals surface area (Å²) >= 11 is 3.35. The van der Waals surface area contributed by atoms with Crippen LogP contribution in [0.2, 0.25) is 0 Å². The minimum Gasteiger partial charge on any atom is -0.482 e. The number of halogens is 1. The summed E-state index contributed by atoms with van der Waals surface area (Å²) in [5.74, 6) is 0.319. The Bertz CT molecular complexity index is 457. The Kier molecular flexibility index (Phi) is 6.19. The van der Waals surface area contributed by atoms with E-state index >= 15 is 0 Å². The quantitative estimate of drug-likeness (QED) is 0.775. The van der Waals surface area contributed by atoms with Gasteiger partial charge in [-0.3, -0.25) is 4.79 Å². The first-order valence-corrected chi connectivity index (χ1v) is 6.22. The number of nitrogens with one attached hydrogen (secondary N) is 1. The van der Waals surface area contributed by atoms with Gasteiger partial charge in [-0.2, -0.15) is 5.26 Å². The summed E-state index contributed by atoms with van der Waals surface area (Å²) in [4.78, 5) is 11.4. The molecular weight excluding hydrogens is 298 g/mol. The topological polar surface area (TPSA) is 88.1 Å². The van der Waals surface area contributed by atoms with Crippen LogP contribution < -0.4 is 15.8 Å². The predicted molar refractivity (Wildman–Crippen MR) is 70.8 cm³/mol. The van der Waals surface area contributed by atoms with Gasteiger partial charge in [-0.05, 0) is 22.0 Å². The van der Waals surface area contributed by atoms with Crippen LogP contribution in [0.1, 0.15) is 12.0 Å². The highest BCUT2D eigenvalue weighted by atomic mass is 79.9. The van der Waals surface area contributed by atoms with Crippen LogP contribution >= 0.6 is 15.9 Å². The molecule has 0 aliphatic heterocycles. The van der Waals surface area contributed by atoms with Crippen LogP contribution in [0.25, 0.3) is 0 Å². The van der Waals surface area contributed by atoms with E-state index in [4.69, 9.17) is 15.7 Å². The molecule has 1 amide bonds. The minimum atomic E-state index is -0.260. The van der Waals surface area contributed by atoms with Crippen molar-refractivity contribution in [3.05, 3.63) is 28.2 Å². The highest BCUT2D eigenvalue weighted by Gasteiger charge is 2.09. The average molecular weight is 312 g/mol. The summed E-state index contributed by atoms with van der Waals surface area (Å²) in [6.07, 6.45) is 0.287. The molecule has 0 radical (unpaired) electrons. The van der Waals surface area contributed by atoms with Gasteiger partial charge in [0.1, 0.15) is 5.75 Å². The molecule has 1 rings (SSSR count). The third-order valence-electron chi connectivity index (χ3n) is 2.18. The standard InChI is InChI=1S/C12H14BrN3O2/c13-10-4-1-3-9(7-15)12(10)18-8-11(17)16-6-2-5-14/h1,3-4H,2,6-8,15H2,(H,16,17). The molecule has 3 N–H and O–H groups in total. The fraction of sp³-hybridized carbons (Fsp3) is 0.333. The van der Waals surface area contributed by atoms with Crippen molar-refractivity contribution >= 4 is 21.8 Å². The Morgan fingerprint density at radius 3 is 3.00 bits per heavy atom. The van der Waals surface area contributed by atoms with Gasteiger partial charge in [0, 0.05) is 18.7 Å². The number of nitriles is 1. The van der Waals surface area contributed by atoms with E-state index in [0.717, 1.165) is 10.0 Å². The molecule has 0 aliphatic carbocycles. The highest BCUT2D eigenvalue weighted by Crippen LogP contribution is 2.28. The molecule has 0 aromatic heterocycles. The number of hydrogen-bond donors (Lipinski definition) is 2. The largest absolute Gasteiger partial charge is 0.482 e. The van der Waals surface area contributed by atoms with Gasteiger partial charge in [-0.15, -0.1) is 0 Å². The first-order chi connectivity index (χ1) is 8.69. The van der Waals surface area contributed by atoms with Crippen LogP contribution in [0.15, 0.2) is 22.7 Å². The zero-order valence-electron chi connectivity index (χ0n) is 9.78. The van der Waals surface area contributed by atoms with Crippen molar-refractivity contribution in [3.63, 3.8) is 0 Å². The number of carbonyl (C=O) groups excluding carboxylic acids is 1. The molecule has 0 heterocycles. The second-order valence-corrected chi connectivity index (χ2v) is 4.33. The van der Waals surface area contributed by atoms with Crippen molar-refractivity contribution in [1.29, 1.82) is 5.26 Å². The SMILES string of the molecule is N#CCCNC(=O)COc1c(Br)cccc1CN. The fourth-order valence-electron chi connectivity index (χ4n) is 1.32. The smallest absolute Gasteiger partial charge is 0.257 e. The summed E-state index contributed by atoms with van der Waals surface area (Å²) in [6, 6.07) is 7.46. The second-order valence-electron chi connectivity index (χ2n) is 3.48. The Labute approximate surface area is 114 Å². The van der Waals surface area contributed by atoms with Gasteiger partial charge in [0.15, 0.2) is 6.61 Å². The van der Waals surface area contributed by atoms with Crippen molar-refractivity contribution in [2.75, 3.05) is 13.2 Å². The van der Waals surface area contributed by atoms with Gasteiger partial charge in [-0.1, -0.05) is 12.1 Å². The van der Waals surface area contributed by atoms with Gasteiger partial charge in [0.25, 0.3) is 5.91 Å². The number of amides is 1. The summed E-state index contributed by atoms with van der Waals surface area (Å²) in [5, 5.41) is 10.9.